The average molecular weight is 206 g/mol. The Morgan fingerprint density at radius 3 is 2.73 bits per heavy atom. The van der Waals surface area contributed by atoms with Gasteiger partial charge in [-0.1, -0.05) is 0 Å². The van der Waals surface area contributed by atoms with Crippen molar-refractivity contribution in [1.82, 2.24) is 0 Å². The predicted molar refractivity (Wildman–Crippen MR) is 58.3 cm³/mol. The summed E-state index contributed by atoms with van der Waals surface area (Å²) in [5.74, 6) is 1.50. The second-order valence-electron chi connectivity index (χ2n) is 3.35. The zero-order chi connectivity index (χ0) is 10.7. The molecule has 2 rings (SSSR count). The number of ether oxygens (including phenoxy) is 2. The minimum atomic E-state index is 0.0297. The van der Waals surface area contributed by atoms with Gasteiger partial charge in [0, 0.05) is 12.1 Å². The Labute approximate surface area is 88.7 Å². The molecule has 0 spiro atoms. The van der Waals surface area contributed by atoms with Crippen LogP contribution < -0.4 is 10.5 Å². The van der Waals surface area contributed by atoms with Crippen molar-refractivity contribution in [1.29, 1.82) is 0 Å². The summed E-state index contributed by atoms with van der Waals surface area (Å²) >= 11 is 0. The van der Waals surface area contributed by atoms with E-state index in [1.807, 2.05) is 24.3 Å². The third-order valence-electron chi connectivity index (χ3n) is 2.32. The normalized spacial score (nSPS) is 19.6. The van der Waals surface area contributed by atoms with Crippen LogP contribution in [0.1, 0.15) is 5.56 Å². The number of nitrogens with two attached hydrogens (primary N) is 1. The van der Waals surface area contributed by atoms with Crippen LogP contribution in [0.3, 0.4) is 0 Å². The van der Waals surface area contributed by atoms with Gasteiger partial charge in [0.1, 0.15) is 11.9 Å². The lowest BCUT2D eigenvalue weighted by atomic mass is 10.2. The van der Waals surface area contributed by atoms with Crippen LogP contribution in [0.2, 0.25) is 0 Å². The maximum absolute atomic E-state index is 5.55. The fraction of sp³-hybridized carbons (Fsp3) is 0.364. The van der Waals surface area contributed by atoms with Crippen molar-refractivity contribution in [3.05, 3.63) is 29.8 Å². The molecule has 0 aliphatic carbocycles. The zero-order valence-electron chi connectivity index (χ0n) is 8.64. The molecule has 15 heavy (non-hydrogen) atoms. The van der Waals surface area contributed by atoms with E-state index < -0.39 is 0 Å². The molecule has 4 heteroatoms. The molecule has 4 nitrogen and oxygen atoms in total. The van der Waals surface area contributed by atoms with Crippen LogP contribution in [0.15, 0.2) is 29.3 Å². The SMILES string of the molecule is COc1ccc(C2=NCC(CN)O2)cc1. The Kier molecular flexibility index (Phi) is 2.87. The van der Waals surface area contributed by atoms with E-state index in [0.717, 1.165) is 11.3 Å². The van der Waals surface area contributed by atoms with Crippen molar-refractivity contribution in [2.24, 2.45) is 10.7 Å². The first-order valence-corrected chi connectivity index (χ1v) is 4.89. The number of aliphatic imine (C=N–C) groups is 1. The Morgan fingerprint density at radius 1 is 1.47 bits per heavy atom. The van der Waals surface area contributed by atoms with E-state index in [4.69, 9.17) is 15.2 Å². The molecule has 2 N–H and O–H groups in total. The summed E-state index contributed by atoms with van der Waals surface area (Å²) in [4.78, 5) is 4.29. The van der Waals surface area contributed by atoms with Crippen molar-refractivity contribution in [3.63, 3.8) is 0 Å². The van der Waals surface area contributed by atoms with Crippen molar-refractivity contribution in [2.75, 3.05) is 20.2 Å². The van der Waals surface area contributed by atoms with Gasteiger partial charge in [0.05, 0.1) is 13.7 Å². The van der Waals surface area contributed by atoms with Crippen molar-refractivity contribution >= 4 is 5.90 Å². The second-order valence-corrected chi connectivity index (χ2v) is 3.35. The molecule has 0 saturated carbocycles. The average Bonchev–Trinajstić information content (AvgIpc) is 2.78. The van der Waals surface area contributed by atoms with Crippen LogP contribution in [0.25, 0.3) is 0 Å². The number of hydrogen-bond acceptors (Lipinski definition) is 4. The molecule has 1 heterocycles. The first-order chi connectivity index (χ1) is 7.33. The van der Waals surface area contributed by atoms with E-state index in [-0.39, 0.29) is 6.10 Å². The summed E-state index contributed by atoms with van der Waals surface area (Å²) in [7, 11) is 1.64. The molecular formula is C11H14N2O2. The number of hydrogen-bond donors (Lipinski definition) is 1. The molecule has 0 bridgehead atoms. The van der Waals surface area contributed by atoms with E-state index in [1.54, 1.807) is 7.11 Å². The van der Waals surface area contributed by atoms with Gasteiger partial charge in [-0.2, -0.15) is 0 Å². The van der Waals surface area contributed by atoms with E-state index in [2.05, 4.69) is 4.99 Å². The molecule has 1 aromatic carbocycles. The fourth-order valence-corrected chi connectivity index (χ4v) is 1.43. The molecule has 80 valence electrons. The molecule has 1 aliphatic rings. The standard InChI is InChI=1S/C11H14N2O2/c1-14-9-4-2-8(3-5-9)11-13-7-10(6-12)15-11/h2-5,10H,6-7,12H2,1H3. The van der Waals surface area contributed by atoms with Gasteiger partial charge in [-0.15, -0.1) is 0 Å². The van der Waals surface area contributed by atoms with Gasteiger partial charge in [0.2, 0.25) is 5.90 Å². The summed E-state index contributed by atoms with van der Waals surface area (Å²) in [5.41, 5.74) is 6.47. The Morgan fingerprint density at radius 2 is 2.20 bits per heavy atom. The molecule has 1 aliphatic heterocycles. The Bertz CT molecular complexity index is 359. The van der Waals surface area contributed by atoms with Crippen LogP contribution in [0.5, 0.6) is 5.75 Å². The smallest absolute Gasteiger partial charge is 0.216 e. The first-order valence-electron chi connectivity index (χ1n) is 4.89. The lowest BCUT2D eigenvalue weighted by molar-refractivity contribution is 0.233. The number of benzene rings is 1. The van der Waals surface area contributed by atoms with Gasteiger partial charge in [-0.3, -0.25) is 0 Å². The van der Waals surface area contributed by atoms with Gasteiger partial charge in [-0.25, -0.2) is 4.99 Å². The van der Waals surface area contributed by atoms with Gasteiger partial charge >= 0.3 is 0 Å². The maximum Gasteiger partial charge on any atom is 0.216 e. The fourth-order valence-electron chi connectivity index (χ4n) is 1.43. The molecule has 0 radical (unpaired) electrons. The van der Waals surface area contributed by atoms with Crippen LogP contribution in [-0.2, 0) is 4.74 Å². The molecule has 1 unspecified atom stereocenters. The van der Waals surface area contributed by atoms with Crippen LogP contribution >= 0.6 is 0 Å². The number of rotatable bonds is 3. The van der Waals surface area contributed by atoms with E-state index >= 15 is 0 Å². The van der Waals surface area contributed by atoms with Gasteiger partial charge in [0.25, 0.3) is 0 Å². The topological polar surface area (TPSA) is 56.8 Å². The highest BCUT2D eigenvalue weighted by atomic mass is 16.5. The van der Waals surface area contributed by atoms with Crippen LogP contribution in [0, 0.1) is 0 Å². The minimum Gasteiger partial charge on any atom is -0.497 e. The maximum atomic E-state index is 5.55. The minimum absolute atomic E-state index is 0.0297. The molecule has 0 fully saturated rings. The number of nitrogens with zero attached hydrogens (tertiary/aromatic N) is 1. The molecule has 0 amide bonds. The van der Waals surface area contributed by atoms with Crippen LogP contribution in [-0.4, -0.2) is 32.2 Å². The summed E-state index contributed by atoms with van der Waals surface area (Å²) in [6.07, 6.45) is 0.0297. The van der Waals surface area contributed by atoms with Gasteiger partial charge < -0.3 is 15.2 Å². The lowest BCUT2D eigenvalue weighted by Crippen LogP contribution is -2.23. The van der Waals surface area contributed by atoms with Crippen LogP contribution in [0.4, 0.5) is 0 Å². The van der Waals surface area contributed by atoms with Crippen molar-refractivity contribution in [3.8, 4) is 5.75 Å². The Hall–Kier alpha value is -1.55. The largest absolute Gasteiger partial charge is 0.497 e. The third-order valence-corrected chi connectivity index (χ3v) is 2.32. The second kappa shape index (κ2) is 4.31. The predicted octanol–water partition coefficient (Wildman–Crippen LogP) is 0.799. The van der Waals surface area contributed by atoms with E-state index in [9.17, 15) is 0 Å². The van der Waals surface area contributed by atoms with Gasteiger partial charge in [-0.05, 0) is 24.3 Å². The highest BCUT2D eigenvalue weighted by Gasteiger charge is 2.19. The monoisotopic (exact) mass is 206 g/mol. The van der Waals surface area contributed by atoms with Gasteiger partial charge in [0.15, 0.2) is 0 Å². The van der Waals surface area contributed by atoms with Crippen molar-refractivity contribution in [2.45, 2.75) is 6.10 Å². The van der Waals surface area contributed by atoms with E-state index in [1.165, 1.54) is 0 Å². The molecular weight excluding hydrogens is 192 g/mol. The summed E-state index contributed by atoms with van der Waals surface area (Å²) in [6.45, 7) is 1.15. The molecule has 0 saturated heterocycles. The summed E-state index contributed by atoms with van der Waals surface area (Å²) in [6, 6.07) is 7.63. The highest BCUT2D eigenvalue weighted by Crippen LogP contribution is 2.15. The molecule has 0 aromatic heterocycles. The summed E-state index contributed by atoms with van der Waals surface area (Å²) < 4.78 is 10.6. The molecule has 1 aromatic rings. The summed E-state index contributed by atoms with van der Waals surface area (Å²) in [5, 5.41) is 0. The lowest BCUT2D eigenvalue weighted by Gasteiger charge is -2.08. The first kappa shape index (κ1) is 9.98. The number of methoxy groups -OCH3 is 1. The highest BCUT2D eigenvalue weighted by molar-refractivity contribution is 5.95. The van der Waals surface area contributed by atoms with E-state index in [0.29, 0.717) is 19.0 Å². The molecule has 1 atom stereocenters. The Balaban J connectivity index is 2.10. The zero-order valence-corrected chi connectivity index (χ0v) is 8.64. The van der Waals surface area contributed by atoms with Crippen molar-refractivity contribution < 1.29 is 9.47 Å². The third kappa shape index (κ3) is 2.10. The quantitative estimate of drug-likeness (QED) is 0.795.